The predicted molar refractivity (Wildman–Crippen MR) is 97.7 cm³/mol. The van der Waals surface area contributed by atoms with Gasteiger partial charge >= 0.3 is 6.18 Å². The maximum atomic E-state index is 13.1. The van der Waals surface area contributed by atoms with Gasteiger partial charge in [0, 0.05) is 24.0 Å². The highest BCUT2D eigenvalue weighted by Crippen LogP contribution is 2.50. The number of likely N-dealkylation sites (tertiary alicyclic amines) is 1. The SMILES string of the molecule is O=C(N1CCC(c2cccc(C(F)(F)F)c2)C1)C1(c2ccc(Cl)cc2)CC1. The Bertz CT molecular complexity index is 858. The van der Waals surface area contributed by atoms with Crippen LogP contribution in [0, 0.1) is 0 Å². The second kappa shape index (κ2) is 6.55. The molecule has 0 aromatic heterocycles. The molecule has 0 spiro atoms. The Hall–Kier alpha value is -2.01. The summed E-state index contributed by atoms with van der Waals surface area (Å²) in [5, 5.41) is 0.632. The molecule has 6 heteroatoms. The Morgan fingerprint density at radius 1 is 1.11 bits per heavy atom. The van der Waals surface area contributed by atoms with Gasteiger partial charge in [0.2, 0.25) is 5.91 Å². The summed E-state index contributed by atoms with van der Waals surface area (Å²) in [6.45, 7) is 1.05. The second-order valence-electron chi connectivity index (χ2n) is 7.45. The largest absolute Gasteiger partial charge is 0.416 e. The molecule has 0 radical (unpaired) electrons. The molecule has 1 atom stereocenters. The van der Waals surface area contributed by atoms with Gasteiger partial charge < -0.3 is 4.90 Å². The van der Waals surface area contributed by atoms with Crippen molar-refractivity contribution in [3.8, 4) is 0 Å². The van der Waals surface area contributed by atoms with E-state index in [9.17, 15) is 18.0 Å². The first kappa shape index (κ1) is 18.4. The fourth-order valence-electron chi connectivity index (χ4n) is 4.01. The van der Waals surface area contributed by atoms with Crippen molar-refractivity contribution in [2.75, 3.05) is 13.1 Å². The van der Waals surface area contributed by atoms with Gasteiger partial charge in [-0.2, -0.15) is 13.2 Å². The molecule has 1 amide bonds. The van der Waals surface area contributed by atoms with Crippen LogP contribution in [0.3, 0.4) is 0 Å². The molecule has 2 fully saturated rings. The van der Waals surface area contributed by atoms with Gasteiger partial charge in [-0.3, -0.25) is 4.79 Å². The molecule has 1 heterocycles. The zero-order chi connectivity index (χ0) is 19.2. The Kier molecular flexibility index (Phi) is 4.46. The molecule has 1 unspecified atom stereocenters. The minimum Gasteiger partial charge on any atom is -0.341 e. The third kappa shape index (κ3) is 3.45. The van der Waals surface area contributed by atoms with Crippen molar-refractivity contribution in [2.24, 2.45) is 0 Å². The van der Waals surface area contributed by atoms with Crippen LogP contribution in [0.2, 0.25) is 5.02 Å². The normalized spacial score (nSPS) is 21.3. The van der Waals surface area contributed by atoms with Crippen LogP contribution >= 0.6 is 11.6 Å². The summed E-state index contributed by atoms with van der Waals surface area (Å²) in [7, 11) is 0. The number of hydrogen-bond donors (Lipinski definition) is 0. The van der Waals surface area contributed by atoms with Gasteiger partial charge in [0.15, 0.2) is 0 Å². The number of benzene rings is 2. The summed E-state index contributed by atoms with van der Waals surface area (Å²) in [4.78, 5) is 14.9. The quantitative estimate of drug-likeness (QED) is 0.683. The van der Waals surface area contributed by atoms with Crippen molar-refractivity contribution in [1.82, 2.24) is 4.90 Å². The molecule has 2 aromatic carbocycles. The molecule has 4 rings (SSSR count). The number of amides is 1. The standard InChI is InChI=1S/C21H19ClF3NO/c22-18-6-4-16(5-7-18)20(9-10-20)19(27)26-11-8-15(13-26)14-2-1-3-17(12-14)21(23,24)25/h1-7,12,15H,8-11,13H2. The van der Waals surface area contributed by atoms with Gasteiger partial charge in [-0.1, -0.05) is 41.9 Å². The van der Waals surface area contributed by atoms with Gasteiger partial charge in [0.1, 0.15) is 0 Å². The third-order valence-corrected chi connectivity index (χ3v) is 5.97. The zero-order valence-electron chi connectivity index (χ0n) is 14.6. The molecule has 0 bridgehead atoms. The molecule has 27 heavy (non-hydrogen) atoms. The van der Waals surface area contributed by atoms with Gasteiger partial charge in [-0.15, -0.1) is 0 Å². The Morgan fingerprint density at radius 2 is 1.81 bits per heavy atom. The van der Waals surface area contributed by atoms with Crippen molar-refractivity contribution < 1.29 is 18.0 Å². The lowest BCUT2D eigenvalue weighted by molar-refractivity contribution is -0.137. The highest BCUT2D eigenvalue weighted by Gasteiger charge is 2.53. The van der Waals surface area contributed by atoms with Gasteiger partial charge in [-0.25, -0.2) is 0 Å². The number of carbonyl (C=O) groups excluding carboxylic acids is 1. The van der Waals surface area contributed by atoms with Crippen LogP contribution in [0.15, 0.2) is 48.5 Å². The zero-order valence-corrected chi connectivity index (χ0v) is 15.4. The molecule has 142 valence electrons. The van der Waals surface area contributed by atoms with E-state index >= 15 is 0 Å². The summed E-state index contributed by atoms with van der Waals surface area (Å²) < 4.78 is 38.9. The van der Waals surface area contributed by atoms with E-state index in [0.717, 1.165) is 24.5 Å². The summed E-state index contributed by atoms with van der Waals surface area (Å²) in [6, 6.07) is 12.8. The van der Waals surface area contributed by atoms with Gasteiger partial charge in [0.05, 0.1) is 11.0 Å². The molecule has 2 aromatic rings. The third-order valence-electron chi connectivity index (χ3n) is 5.72. The first-order valence-electron chi connectivity index (χ1n) is 9.02. The van der Waals surface area contributed by atoms with Crippen molar-refractivity contribution in [3.05, 3.63) is 70.2 Å². The van der Waals surface area contributed by atoms with Crippen LogP contribution in [0.1, 0.15) is 41.9 Å². The molecular formula is C21H19ClF3NO. The van der Waals surface area contributed by atoms with Gasteiger partial charge in [-0.05, 0) is 48.6 Å². The van der Waals surface area contributed by atoms with Crippen molar-refractivity contribution in [3.63, 3.8) is 0 Å². The number of alkyl halides is 3. The average molecular weight is 394 g/mol. The number of halogens is 4. The Labute approximate surface area is 160 Å². The predicted octanol–water partition coefficient (Wildman–Crippen LogP) is 5.41. The highest BCUT2D eigenvalue weighted by molar-refractivity contribution is 6.30. The monoisotopic (exact) mass is 393 g/mol. The van der Waals surface area contributed by atoms with E-state index in [0.29, 0.717) is 30.1 Å². The summed E-state index contributed by atoms with van der Waals surface area (Å²) in [5.74, 6) is 0.0246. The van der Waals surface area contributed by atoms with Crippen LogP contribution in [0.25, 0.3) is 0 Å². The summed E-state index contributed by atoms with van der Waals surface area (Å²) >= 11 is 5.95. The van der Waals surface area contributed by atoms with E-state index in [1.165, 1.54) is 12.1 Å². The topological polar surface area (TPSA) is 20.3 Å². The van der Waals surface area contributed by atoms with E-state index in [2.05, 4.69) is 0 Å². The van der Waals surface area contributed by atoms with Gasteiger partial charge in [0.25, 0.3) is 0 Å². The van der Waals surface area contributed by atoms with Crippen LogP contribution in [-0.2, 0) is 16.4 Å². The fourth-order valence-corrected chi connectivity index (χ4v) is 4.13. The molecule has 1 aliphatic heterocycles. The Morgan fingerprint density at radius 3 is 2.44 bits per heavy atom. The minimum absolute atomic E-state index is 0.0581. The molecule has 1 saturated carbocycles. The van der Waals surface area contributed by atoms with Crippen molar-refractivity contribution in [2.45, 2.75) is 36.8 Å². The van der Waals surface area contributed by atoms with Crippen LogP contribution < -0.4 is 0 Å². The molecule has 1 aliphatic carbocycles. The number of hydrogen-bond acceptors (Lipinski definition) is 1. The first-order valence-corrected chi connectivity index (χ1v) is 9.40. The van der Waals surface area contributed by atoms with Crippen molar-refractivity contribution in [1.29, 1.82) is 0 Å². The van der Waals surface area contributed by atoms with E-state index in [-0.39, 0.29) is 11.8 Å². The number of carbonyl (C=O) groups is 1. The smallest absolute Gasteiger partial charge is 0.341 e. The highest BCUT2D eigenvalue weighted by atomic mass is 35.5. The lowest BCUT2D eigenvalue weighted by Gasteiger charge is -2.24. The van der Waals surface area contributed by atoms with Crippen molar-refractivity contribution >= 4 is 17.5 Å². The fraction of sp³-hybridized carbons (Fsp3) is 0.381. The minimum atomic E-state index is -4.35. The first-order chi connectivity index (χ1) is 12.8. The van der Waals surface area contributed by atoms with E-state index in [1.54, 1.807) is 18.2 Å². The lowest BCUT2D eigenvalue weighted by Crippen LogP contribution is -2.37. The number of nitrogens with zero attached hydrogens (tertiary/aromatic N) is 1. The van der Waals surface area contributed by atoms with Crippen LogP contribution in [0.4, 0.5) is 13.2 Å². The Balaban J connectivity index is 1.50. The lowest BCUT2D eigenvalue weighted by atomic mass is 9.94. The van der Waals surface area contributed by atoms with E-state index in [4.69, 9.17) is 11.6 Å². The maximum Gasteiger partial charge on any atom is 0.416 e. The van der Waals surface area contributed by atoms with Crippen LogP contribution in [0.5, 0.6) is 0 Å². The van der Waals surface area contributed by atoms with E-state index in [1.807, 2.05) is 17.0 Å². The maximum absolute atomic E-state index is 13.1. The summed E-state index contributed by atoms with van der Waals surface area (Å²) in [6.07, 6.45) is -2.06. The molecule has 2 nitrogen and oxygen atoms in total. The van der Waals surface area contributed by atoms with E-state index < -0.39 is 17.2 Å². The second-order valence-corrected chi connectivity index (χ2v) is 7.89. The van der Waals surface area contributed by atoms with Crippen LogP contribution in [-0.4, -0.2) is 23.9 Å². The number of rotatable bonds is 3. The molecule has 0 N–H and O–H groups in total. The molecular weight excluding hydrogens is 375 g/mol. The summed E-state index contributed by atoms with van der Waals surface area (Å²) in [5.41, 5.74) is 0.508. The molecule has 2 aliphatic rings. The molecule has 1 saturated heterocycles. The average Bonchev–Trinajstić information content (AvgIpc) is 3.30.